The van der Waals surface area contributed by atoms with Gasteiger partial charge in [-0.2, -0.15) is 17.6 Å². The minimum Gasteiger partial charge on any atom is -0.432 e. The van der Waals surface area contributed by atoms with Crippen molar-refractivity contribution in [2.75, 3.05) is 0 Å². The van der Waals surface area contributed by atoms with Crippen LogP contribution in [0.1, 0.15) is 112 Å². The Balaban J connectivity index is 1.18. The maximum absolute atomic E-state index is 15.4. The van der Waals surface area contributed by atoms with Gasteiger partial charge in [-0.3, -0.25) is 0 Å². The van der Waals surface area contributed by atoms with Crippen molar-refractivity contribution in [1.82, 2.24) is 0 Å². The highest BCUT2D eigenvalue weighted by Crippen LogP contribution is 2.45. The molecule has 254 valence electrons. The third-order valence-corrected chi connectivity index (χ3v) is 10.0. The topological polar surface area (TPSA) is 9.23 Å². The Morgan fingerprint density at radius 1 is 0.745 bits per heavy atom. The van der Waals surface area contributed by atoms with Gasteiger partial charge in [0.1, 0.15) is 29.0 Å². The quantitative estimate of drug-likeness (QED) is 0.146. The highest BCUT2D eigenvalue weighted by molar-refractivity contribution is 5.65. The fraction of sp³-hybridized carbons (Fsp3) is 0.474. The van der Waals surface area contributed by atoms with Crippen LogP contribution in [0.5, 0.6) is 5.75 Å². The first-order valence-corrected chi connectivity index (χ1v) is 16.6. The molecule has 3 aromatic carbocycles. The number of unbranched alkanes of at least 4 members (excludes halogenated alkanes) is 2. The van der Waals surface area contributed by atoms with Gasteiger partial charge in [-0.1, -0.05) is 56.9 Å². The van der Waals surface area contributed by atoms with Crippen molar-refractivity contribution >= 4 is 6.08 Å². The van der Waals surface area contributed by atoms with Crippen molar-refractivity contribution in [2.45, 2.75) is 102 Å². The monoisotopic (exact) mass is 664 g/mol. The summed E-state index contributed by atoms with van der Waals surface area (Å²) in [7, 11) is 0. The lowest BCUT2D eigenvalue weighted by molar-refractivity contribution is -0.222. The van der Waals surface area contributed by atoms with Gasteiger partial charge in [-0.05, 0) is 97.9 Å². The van der Waals surface area contributed by atoms with E-state index in [-0.39, 0.29) is 37.7 Å². The molecule has 0 N–H and O–H groups in total. The molecule has 0 radical (unpaired) electrons. The largest absolute Gasteiger partial charge is 0.432 e. The zero-order chi connectivity index (χ0) is 33.7. The molecule has 0 aromatic heterocycles. The summed E-state index contributed by atoms with van der Waals surface area (Å²) in [5.74, 6) is -5.26. The summed E-state index contributed by atoms with van der Waals surface area (Å²) in [5, 5.41) is 0. The van der Waals surface area contributed by atoms with Crippen LogP contribution < -0.4 is 4.74 Å². The van der Waals surface area contributed by atoms with Crippen LogP contribution in [0.4, 0.5) is 35.1 Å². The molecule has 3 aromatic rings. The smallest absolute Gasteiger partial charge is 0.400 e. The molecular weight excluding hydrogens is 624 g/mol. The normalized spacial score (nSPS) is 21.8. The zero-order valence-corrected chi connectivity index (χ0v) is 26.4. The first kappa shape index (κ1) is 35.0. The van der Waals surface area contributed by atoms with E-state index in [1.54, 1.807) is 24.3 Å². The van der Waals surface area contributed by atoms with Crippen LogP contribution in [-0.2, 0) is 0 Å². The van der Waals surface area contributed by atoms with Crippen LogP contribution in [0.25, 0.3) is 17.2 Å². The second-order valence-corrected chi connectivity index (χ2v) is 13.1. The van der Waals surface area contributed by atoms with Crippen LogP contribution in [0.3, 0.4) is 0 Å². The molecule has 9 heteroatoms. The van der Waals surface area contributed by atoms with E-state index >= 15 is 8.78 Å². The molecule has 0 atom stereocenters. The van der Waals surface area contributed by atoms with E-state index in [0.29, 0.717) is 34.7 Å². The first-order chi connectivity index (χ1) is 22.4. The van der Waals surface area contributed by atoms with Crippen LogP contribution in [0.2, 0.25) is 0 Å². The molecule has 2 aliphatic carbocycles. The number of hydrogen-bond acceptors (Lipinski definition) is 1. The van der Waals surface area contributed by atoms with Crippen LogP contribution >= 0.6 is 0 Å². The molecule has 47 heavy (non-hydrogen) atoms. The lowest BCUT2D eigenvalue weighted by atomic mass is 9.76. The van der Waals surface area contributed by atoms with Crippen molar-refractivity contribution in [3.8, 4) is 16.9 Å². The highest BCUT2D eigenvalue weighted by atomic mass is 19.3. The number of halogens is 8. The number of hydrogen-bond donors (Lipinski definition) is 0. The van der Waals surface area contributed by atoms with Crippen molar-refractivity contribution in [2.24, 2.45) is 11.8 Å². The lowest BCUT2D eigenvalue weighted by Gasteiger charge is -2.33. The van der Waals surface area contributed by atoms with Crippen LogP contribution in [0.15, 0.2) is 54.6 Å². The van der Waals surface area contributed by atoms with Gasteiger partial charge in [0.25, 0.3) is 6.08 Å². The summed E-state index contributed by atoms with van der Waals surface area (Å²) in [5.41, 5.74) is 0.986. The summed E-state index contributed by atoms with van der Waals surface area (Å²) < 4.78 is 118. The third-order valence-electron chi connectivity index (χ3n) is 10.0. The molecule has 0 heterocycles. The van der Waals surface area contributed by atoms with Crippen molar-refractivity contribution in [3.05, 3.63) is 94.6 Å². The Labute approximate surface area is 271 Å². The molecule has 0 unspecified atom stereocenters. The van der Waals surface area contributed by atoms with E-state index in [1.165, 1.54) is 31.7 Å². The molecule has 2 aliphatic rings. The van der Waals surface area contributed by atoms with Crippen LogP contribution in [0, 0.1) is 35.1 Å². The average Bonchev–Trinajstić information content (AvgIpc) is 3.03. The molecule has 5 rings (SSSR count). The van der Waals surface area contributed by atoms with E-state index < -0.39 is 52.7 Å². The predicted molar refractivity (Wildman–Crippen MR) is 167 cm³/mol. The number of benzene rings is 3. The summed E-state index contributed by atoms with van der Waals surface area (Å²) >= 11 is 0. The van der Waals surface area contributed by atoms with Crippen LogP contribution in [-0.4, -0.2) is 6.11 Å². The Morgan fingerprint density at radius 2 is 1.40 bits per heavy atom. The summed E-state index contributed by atoms with van der Waals surface area (Å²) in [4.78, 5) is 0. The molecule has 1 nitrogen and oxygen atoms in total. The summed E-state index contributed by atoms with van der Waals surface area (Å²) in [6, 6.07) is 10.6. The van der Waals surface area contributed by atoms with Gasteiger partial charge < -0.3 is 4.74 Å². The van der Waals surface area contributed by atoms with Crippen molar-refractivity contribution in [3.63, 3.8) is 0 Å². The molecule has 0 amide bonds. The predicted octanol–water partition coefficient (Wildman–Crippen LogP) is 12.9. The van der Waals surface area contributed by atoms with Gasteiger partial charge in [-0.25, -0.2) is 17.6 Å². The minimum absolute atomic E-state index is 0.0345. The third kappa shape index (κ3) is 8.57. The standard InChI is InChI=1S/C38H40F8O/c1-2-3-4-5-23-6-8-24(9-7-23)26-12-16-31(33(39)18-26)27-13-17-30(34(40)19-27)25-10-14-28(15-11-25)38(45,46)47-29-20-35(41)32(22-37(43)44)36(42)21-29/h12-13,16-25,28H,2-11,14-15H2,1H3. The minimum atomic E-state index is -3.80. The Morgan fingerprint density at radius 3 is 2.00 bits per heavy atom. The Bertz CT molecular complexity index is 1520. The maximum Gasteiger partial charge on any atom is 0.400 e. The van der Waals surface area contributed by atoms with Crippen molar-refractivity contribution in [1.29, 1.82) is 0 Å². The maximum atomic E-state index is 15.4. The fourth-order valence-corrected chi connectivity index (χ4v) is 7.36. The molecular formula is C38H40F8O. The molecule has 0 bridgehead atoms. The van der Waals surface area contributed by atoms with Gasteiger partial charge in [0, 0.05) is 23.8 Å². The van der Waals surface area contributed by atoms with Gasteiger partial charge in [0.2, 0.25) is 0 Å². The Kier molecular flexibility index (Phi) is 11.3. The fourth-order valence-electron chi connectivity index (χ4n) is 7.36. The van der Waals surface area contributed by atoms with Gasteiger partial charge in [-0.15, -0.1) is 0 Å². The molecule has 2 saturated carbocycles. The molecule has 0 spiro atoms. The zero-order valence-electron chi connectivity index (χ0n) is 26.4. The summed E-state index contributed by atoms with van der Waals surface area (Å²) in [6.07, 6.45) is 3.60. The van der Waals surface area contributed by atoms with Crippen molar-refractivity contribution < 1.29 is 39.9 Å². The van der Waals surface area contributed by atoms with E-state index in [4.69, 9.17) is 0 Å². The summed E-state index contributed by atoms with van der Waals surface area (Å²) in [6.45, 7) is 2.21. The molecule has 0 aliphatic heterocycles. The van der Waals surface area contributed by atoms with Gasteiger partial charge in [0.15, 0.2) is 0 Å². The Hall–Kier alpha value is -3.36. The van der Waals surface area contributed by atoms with E-state index in [0.717, 1.165) is 37.2 Å². The molecule has 0 saturated heterocycles. The number of rotatable bonds is 11. The van der Waals surface area contributed by atoms with E-state index in [2.05, 4.69) is 11.7 Å². The SMILES string of the molecule is CCCCCC1CCC(c2ccc(-c3ccc(C4CCC(C(F)(F)Oc5cc(F)c(C=C(F)F)c(F)c5)CC4)c(F)c3)c(F)c2)CC1. The van der Waals surface area contributed by atoms with E-state index in [1.807, 2.05) is 6.07 Å². The van der Waals surface area contributed by atoms with Gasteiger partial charge >= 0.3 is 6.11 Å². The second kappa shape index (κ2) is 15.2. The second-order valence-electron chi connectivity index (χ2n) is 13.1. The number of alkyl halides is 2. The van der Waals surface area contributed by atoms with Gasteiger partial charge in [0.05, 0.1) is 11.5 Å². The lowest BCUT2D eigenvalue weighted by Crippen LogP contribution is -2.37. The average molecular weight is 665 g/mol. The number of ether oxygens (including phenoxy) is 1. The first-order valence-electron chi connectivity index (χ1n) is 16.6. The highest BCUT2D eigenvalue weighted by Gasteiger charge is 2.44. The van der Waals surface area contributed by atoms with E-state index in [9.17, 15) is 26.3 Å². The molecule has 2 fully saturated rings.